The molecule has 7 nitrogen and oxygen atoms in total. The minimum absolute atomic E-state index is 0.193. The van der Waals surface area contributed by atoms with Gasteiger partial charge in [-0.2, -0.15) is 5.10 Å². The van der Waals surface area contributed by atoms with Gasteiger partial charge in [0.25, 0.3) is 5.91 Å². The van der Waals surface area contributed by atoms with Crippen LogP contribution in [0.15, 0.2) is 24.3 Å². The molecule has 2 atom stereocenters. The van der Waals surface area contributed by atoms with E-state index < -0.39 is 29.2 Å². The fraction of sp³-hybridized carbons (Fsp3) is 0.421. The minimum atomic E-state index is -0.678. The van der Waals surface area contributed by atoms with E-state index in [2.05, 4.69) is 5.10 Å². The van der Waals surface area contributed by atoms with Crippen LogP contribution in [0.1, 0.15) is 55.8 Å². The van der Waals surface area contributed by atoms with Gasteiger partial charge in [-0.25, -0.2) is 9.18 Å². The Hall–Kier alpha value is -2.90. The van der Waals surface area contributed by atoms with E-state index in [-0.39, 0.29) is 11.6 Å². The van der Waals surface area contributed by atoms with Crippen molar-refractivity contribution in [3.63, 3.8) is 0 Å². The first-order valence-corrected chi connectivity index (χ1v) is 8.76. The molecule has 1 aromatic heterocycles. The number of nitrogens with zero attached hydrogens (tertiary/aromatic N) is 3. The van der Waals surface area contributed by atoms with Crippen molar-refractivity contribution in [3.05, 3.63) is 41.3 Å². The lowest BCUT2D eigenvalue weighted by molar-refractivity contribution is 0.0793. The number of primary amides is 2. The molecule has 1 aliphatic heterocycles. The molecule has 3 rings (SSSR count). The molecule has 0 spiro atoms. The van der Waals surface area contributed by atoms with Crippen molar-refractivity contribution < 1.29 is 14.0 Å². The number of carbonyl (C=O) groups excluding carboxylic acids is 2. The normalized spacial score (nSPS) is 19.7. The maximum Gasteiger partial charge on any atom is 0.315 e. The molecule has 2 heterocycles. The number of halogens is 1. The molecule has 0 fully saturated rings. The van der Waals surface area contributed by atoms with E-state index in [0.717, 1.165) is 0 Å². The fourth-order valence-corrected chi connectivity index (χ4v) is 3.84. The molecule has 0 saturated heterocycles. The van der Waals surface area contributed by atoms with E-state index in [1.807, 2.05) is 27.7 Å². The number of aromatic nitrogens is 2. The van der Waals surface area contributed by atoms with Crippen molar-refractivity contribution in [1.29, 1.82) is 0 Å². The van der Waals surface area contributed by atoms with Gasteiger partial charge in [0.1, 0.15) is 11.5 Å². The highest BCUT2D eigenvalue weighted by Crippen LogP contribution is 2.45. The van der Waals surface area contributed by atoms with E-state index >= 15 is 0 Å². The van der Waals surface area contributed by atoms with Crippen LogP contribution in [0.2, 0.25) is 0 Å². The number of nitrogens with two attached hydrogens (primary N) is 2. The fourth-order valence-electron chi connectivity index (χ4n) is 3.84. The van der Waals surface area contributed by atoms with Crippen LogP contribution in [0.4, 0.5) is 9.18 Å². The first-order valence-electron chi connectivity index (χ1n) is 8.76. The van der Waals surface area contributed by atoms with Crippen molar-refractivity contribution in [2.24, 2.45) is 16.9 Å². The molecule has 8 heteroatoms. The predicted octanol–water partition coefficient (Wildman–Crippen LogP) is 2.83. The lowest BCUT2D eigenvalue weighted by atomic mass is 9.80. The highest BCUT2D eigenvalue weighted by atomic mass is 19.1. The molecule has 27 heavy (non-hydrogen) atoms. The number of carbonyl (C=O) groups is 2. The second-order valence-electron chi connectivity index (χ2n) is 8.04. The lowest BCUT2D eigenvalue weighted by Gasteiger charge is -2.44. The zero-order chi connectivity index (χ0) is 20.1. The van der Waals surface area contributed by atoms with Crippen LogP contribution >= 0.6 is 0 Å². The van der Waals surface area contributed by atoms with Gasteiger partial charge in [0.05, 0.1) is 23.3 Å². The average molecular weight is 373 g/mol. The summed E-state index contributed by atoms with van der Waals surface area (Å²) in [6, 6.07) is 4.56. The van der Waals surface area contributed by atoms with Crippen LogP contribution in [-0.2, 0) is 0 Å². The number of benzene rings is 1. The molecular weight excluding hydrogens is 349 g/mol. The van der Waals surface area contributed by atoms with Gasteiger partial charge < -0.3 is 16.4 Å². The highest BCUT2D eigenvalue weighted by molar-refractivity contribution is 6.00. The number of hydrogen-bond acceptors (Lipinski definition) is 3. The Bertz CT molecular complexity index is 915. The van der Waals surface area contributed by atoms with E-state index in [4.69, 9.17) is 11.5 Å². The summed E-state index contributed by atoms with van der Waals surface area (Å²) in [4.78, 5) is 26.1. The molecule has 4 N–H and O–H groups in total. The molecule has 1 aliphatic rings. The largest absolute Gasteiger partial charge is 0.365 e. The standard InChI is InChI=1S/C19H24FN5O2/c1-10-9-24(18(22)27)16(19(2,3)4)15-13(17(21)26)14(23-25(10)15)11-6-5-7-12(20)8-11/h5-8,10,16H,9H2,1-4H3,(H2,21,26)(H2,22,27). The summed E-state index contributed by atoms with van der Waals surface area (Å²) < 4.78 is 15.5. The Morgan fingerprint density at radius 2 is 1.93 bits per heavy atom. The molecule has 0 aliphatic carbocycles. The zero-order valence-corrected chi connectivity index (χ0v) is 15.9. The number of amides is 3. The third-order valence-corrected chi connectivity index (χ3v) is 4.84. The van der Waals surface area contributed by atoms with Crippen LogP contribution < -0.4 is 11.5 Å². The van der Waals surface area contributed by atoms with Gasteiger partial charge >= 0.3 is 6.03 Å². The third-order valence-electron chi connectivity index (χ3n) is 4.84. The van der Waals surface area contributed by atoms with Crippen LogP contribution in [-0.4, -0.2) is 33.2 Å². The lowest BCUT2D eigenvalue weighted by Crippen LogP contribution is -2.51. The van der Waals surface area contributed by atoms with Gasteiger partial charge in [-0.15, -0.1) is 0 Å². The van der Waals surface area contributed by atoms with E-state index in [1.54, 1.807) is 21.7 Å². The first-order chi connectivity index (χ1) is 12.5. The van der Waals surface area contributed by atoms with E-state index in [0.29, 0.717) is 23.5 Å². The van der Waals surface area contributed by atoms with E-state index in [9.17, 15) is 14.0 Å². The Morgan fingerprint density at radius 3 is 2.44 bits per heavy atom. The van der Waals surface area contributed by atoms with E-state index in [1.165, 1.54) is 12.1 Å². The van der Waals surface area contributed by atoms with Crippen molar-refractivity contribution >= 4 is 11.9 Å². The van der Waals surface area contributed by atoms with Crippen LogP contribution in [0.25, 0.3) is 11.3 Å². The van der Waals surface area contributed by atoms with Crippen LogP contribution in [0, 0.1) is 11.2 Å². The van der Waals surface area contributed by atoms with Crippen molar-refractivity contribution in [2.45, 2.75) is 39.8 Å². The maximum atomic E-state index is 13.8. The van der Waals surface area contributed by atoms with Gasteiger partial charge in [-0.1, -0.05) is 32.9 Å². The number of urea groups is 1. The molecule has 3 amide bonds. The number of rotatable bonds is 2. The molecule has 2 unspecified atom stereocenters. The second kappa shape index (κ2) is 6.37. The summed E-state index contributed by atoms with van der Waals surface area (Å²) in [5, 5.41) is 4.59. The second-order valence-corrected chi connectivity index (χ2v) is 8.04. The summed E-state index contributed by atoms with van der Waals surface area (Å²) in [6.45, 7) is 8.09. The Kier molecular flexibility index (Phi) is 4.45. The maximum absolute atomic E-state index is 13.8. The molecule has 0 saturated carbocycles. The van der Waals surface area contributed by atoms with Gasteiger partial charge in [-0.3, -0.25) is 9.48 Å². The summed E-state index contributed by atoms with van der Waals surface area (Å²) in [5.41, 5.74) is 12.4. The summed E-state index contributed by atoms with van der Waals surface area (Å²) in [7, 11) is 0. The molecular formula is C19H24FN5O2. The summed E-state index contributed by atoms with van der Waals surface area (Å²) >= 11 is 0. The van der Waals surface area contributed by atoms with Gasteiger partial charge in [0, 0.05) is 12.1 Å². The highest BCUT2D eigenvalue weighted by Gasteiger charge is 2.44. The first kappa shape index (κ1) is 18.9. The summed E-state index contributed by atoms with van der Waals surface area (Å²) in [6.07, 6.45) is 0. The average Bonchev–Trinajstić information content (AvgIpc) is 2.94. The van der Waals surface area contributed by atoms with Crippen molar-refractivity contribution in [3.8, 4) is 11.3 Å². The van der Waals surface area contributed by atoms with Crippen molar-refractivity contribution in [2.75, 3.05) is 6.54 Å². The smallest absolute Gasteiger partial charge is 0.315 e. The quantitative estimate of drug-likeness (QED) is 0.845. The monoisotopic (exact) mass is 373 g/mol. The molecule has 2 aromatic rings. The Morgan fingerprint density at radius 1 is 1.26 bits per heavy atom. The van der Waals surface area contributed by atoms with Crippen molar-refractivity contribution in [1.82, 2.24) is 14.7 Å². The predicted molar refractivity (Wildman–Crippen MR) is 99.3 cm³/mol. The third kappa shape index (κ3) is 3.15. The Labute approximate surface area is 157 Å². The minimum Gasteiger partial charge on any atom is -0.365 e. The topological polar surface area (TPSA) is 107 Å². The van der Waals surface area contributed by atoms with Gasteiger partial charge in [0.2, 0.25) is 0 Å². The summed E-state index contributed by atoms with van der Waals surface area (Å²) in [5.74, 6) is -1.11. The molecule has 0 bridgehead atoms. The van der Waals surface area contributed by atoms with Crippen LogP contribution in [0.5, 0.6) is 0 Å². The molecule has 1 aromatic carbocycles. The number of hydrogen-bond donors (Lipinski definition) is 2. The van der Waals surface area contributed by atoms with Gasteiger partial charge in [0.15, 0.2) is 0 Å². The number of fused-ring (bicyclic) bond motifs is 1. The Balaban J connectivity index is 2.34. The zero-order valence-electron chi connectivity index (χ0n) is 15.9. The molecule has 0 radical (unpaired) electrons. The van der Waals surface area contributed by atoms with Gasteiger partial charge in [-0.05, 0) is 24.5 Å². The SMILES string of the molecule is CC1CN(C(N)=O)C(C(C)(C)C)c2c(C(N)=O)c(-c3cccc(F)c3)nn21. The molecule has 144 valence electrons. The van der Waals surface area contributed by atoms with Crippen LogP contribution in [0.3, 0.4) is 0 Å².